The molecule has 0 aliphatic carbocycles. The van der Waals surface area contributed by atoms with Crippen LogP contribution in [-0.4, -0.2) is 44.6 Å². The highest BCUT2D eigenvalue weighted by molar-refractivity contribution is 7.92. The van der Waals surface area contributed by atoms with Crippen molar-refractivity contribution in [3.05, 3.63) is 59.7 Å². The summed E-state index contributed by atoms with van der Waals surface area (Å²) in [5.74, 6) is -1.15. The van der Waals surface area contributed by atoms with E-state index in [1.807, 2.05) is 0 Å². The molecule has 1 fully saturated rings. The van der Waals surface area contributed by atoms with Gasteiger partial charge >= 0.3 is 0 Å². The van der Waals surface area contributed by atoms with Gasteiger partial charge in [-0.3, -0.25) is 4.79 Å². The predicted molar refractivity (Wildman–Crippen MR) is 103 cm³/mol. The van der Waals surface area contributed by atoms with Crippen molar-refractivity contribution in [1.29, 1.82) is 0 Å². The first-order valence-corrected chi connectivity index (χ1v) is 10.6. The van der Waals surface area contributed by atoms with E-state index < -0.39 is 26.7 Å². The lowest BCUT2D eigenvalue weighted by molar-refractivity contribution is -0.105. The number of piperidine rings is 1. The van der Waals surface area contributed by atoms with Gasteiger partial charge in [0.15, 0.2) is 9.84 Å². The van der Waals surface area contributed by atoms with Gasteiger partial charge in [0.25, 0.3) is 0 Å². The number of amides is 1. The summed E-state index contributed by atoms with van der Waals surface area (Å²) in [6.07, 6.45) is 2.00. The van der Waals surface area contributed by atoms with Gasteiger partial charge < -0.3 is 10.2 Å². The standard InChI is InChI=1S/C20H22F2N2O3S/c21-16-2-1-15(20(22)13-16)7-10-24-11-8-19(9-12-24)28(26,27)18-5-3-17(4-6-18)23-14-25/h1-6,13-14,19H,7-12H2,(H,23,25). The lowest BCUT2D eigenvalue weighted by Gasteiger charge is -2.31. The van der Waals surface area contributed by atoms with Crippen molar-refractivity contribution in [2.24, 2.45) is 0 Å². The second kappa shape index (κ2) is 8.79. The summed E-state index contributed by atoms with van der Waals surface area (Å²) < 4.78 is 52.3. The topological polar surface area (TPSA) is 66.5 Å². The average Bonchev–Trinajstić information content (AvgIpc) is 2.68. The lowest BCUT2D eigenvalue weighted by Crippen LogP contribution is -2.40. The minimum atomic E-state index is -3.44. The van der Waals surface area contributed by atoms with Crippen molar-refractivity contribution in [3.8, 4) is 0 Å². The number of carbonyl (C=O) groups excluding carboxylic acids is 1. The molecule has 150 valence electrons. The fourth-order valence-corrected chi connectivity index (χ4v) is 5.18. The Kier molecular flexibility index (Phi) is 6.41. The quantitative estimate of drug-likeness (QED) is 0.716. The number of likely N-dealkylation sites (tertiary alicyclic amines) is 1. The predicted octanol–water partition coefficient (Wildman–Crippen LogP) is 3.01. The van der Waals surface area contributed by atoms with Crippen LogP contribution in [0, 0.1) is 11.6 Å². The molecule has 2 aromatic rings. The zero-order chi connectivity index (χ0) is 20.1. The summed E-state index contributed by atoms with van der Waals surface area (Å²) in [4.78, 5) is 12.8. The molecule has 3 rings (SSSR count). The monoisotopic (exact) mass is 408 g/mol. The smallest absolute Gasteiger partial charge is 0.211 e. The molecule has 0 aromatic heterocycles. The second-order valence-corrected chi connectivity index (χ2v) is 9.09. The van der Waals surface area contributed by atoms with Crippen LogP contribution in [0.4, 0.5) is 14.5 Å². The Morgan fingerprint density at radius 2 is 1.75 bits per heavy atom. The van der Waals surface area contributed by atoms with E-state index in [0.29, 0.717) is 56.6 Å². The molecule has 1 N–H and O–H groups in total. The molecule has 5 nitrogen and oxygen atoms in total. The first kappa shape index (κ1) is 20.4. The number of nitrogens with one attached hydrogen (secondary N) is 1. The molecule has 1 amide bonds. The maximum Gasteiger partial charge on any atom is 0.211 e. The van der Waals surface area contributed by atoms with E-state index in [1.165, 1.54) is 24.3 Å². The van der Waals surface area contributed by atoms with Gasteiger partial charge in [0, 0.05) is 18.3 Å². The Morgan fingerprint density at radius 3 is 2.36 bits per heavy atom. The van der Waals surface area contributed by atoms with Gasteiger partial charge in [-0.25, -0.2) is 17.2 Å². The van der Waals surface area contributed by atoms with Crippen LogP contribution < -0.4 is 5.32 Å². The van der Waals surface area contributed by atoms with Gasteiger partial charge in [0.05, 0.1) is 10.1 Å². The van der Waals surface area contributed by atoms with Crippen LogP contribution in [0.2, 0.25) is 0 Å². The SMILES string of the molecule is O=CNc1ccc(S(=O)(=O)C2CCN(CCc3ccc(F)cc3F)CC2)cc1. The maximum absolute atomic E-state index is 13.7. The molecule has 28 heavy (non-hydrogen) atoms. The van der Waals surface area contributed by atoms with Crippen molar-refractivity contribution >= 4 is 21.9 Å². The Balaban J connectivity index is 1.55. The third kappa shape index (κ3) is 4.74. The zero-order valence-electron chi connectivity index (χ0n) is 15.3. The number of sulfone groups is 1. The van der Waals surface area contributed by atoms with E-state index in [-0.39, 0.29) is 4.90 Å². The molecule has 0 atom stereocenters. The van der Waals surface area contributed by atoms with Crippen molar-refractivity contribution in [1.82, 2.24) is 4.90 Å². The van der Waals surface area contributed by atoms with E-state index in [2.05, 4.69) is 10.2 Å². The maximum atomic E-state index is 13.7. The molecule has 1 heterocycles. The van der Waals surface area contributed by atoms with Crippen molar-refractivity contribution in [2.75, 3.05) is 25.0 Å². The van der Waals surface area contributed by atoms with Gasteiger partial charge in [-0.15, -0.1) is 0 Å². The van der Waals surface area contributed by atoms with Gasteiger partial charge in [-0.2, -0.15) is 0 Å². The number of halogens is 2. The fourth-order valence-electron chi connectivity index (χ4n) is 3.45. The molecular weight excluding hydrogens is 386 g/mol. The van der Waals surface area contributed by atoms with E-state index in [9.17, 15) is 22.0 Å². The minimum Gasteiger partial charge on any atom is -0.329 e. The number of anilines is 1. The average molecular weight is 408 g/mol. The van der Waals surface area contributed by atoms with Crippen molar-refractivity contribution in [3.63, 3.8) is 0 Å². The van der Waals surface area contributed by atoms with E-state index in [1.54, 1.807) is 12.1 Å². The number of benzene rings is 2. The molecule has 1 aliphatic rings. The lowest BCUT2D eigenvalue weighted by atomic mass is 10.1. The molecule has 0 radical (unpaired) electrons. The number of hydrogen-bond donors (Lipinski definition) is 1. The first-order valence-electron chi connectivity index (χ1n) is 9.10. The van der Waals surface area contributed by atoms with Crippen LogP contribution in [-0.2, 0) is 21.1 Å². The van der Waals surface area contributed by atoms with Crippen LogP contribution in [0.3, 0.4) is 0 Å². The molecule has 1 saturated heterocycles. The van der Waals surface area contributed by atoms with E-state index in [0.717, 1.165) is 6.07 Å². The van der Waals surface area contributed by atoms with Gasteiger partial charge in [-0.1, -0.05) is 6.07 Å². The molecular formula is C20H22F2N2O3S. The molecule has 8 heteroatoms. The zero-order valence-corrected chi connectivity index (χ0v) is 16.1. The summed E-state index contributed by atoms with van der Waals surface area (Å²) in [5.41, 5.74) is 0.997. The van der Waals surface area contributed by atoms with E-state index in [4.69, 9.17) is 0 Å². The number of carbonyl (C=O) groups is 1. The van der Waals surface area contributed by atoms with Crippen LogP contribution in [0.5, 0.6) is 0 Å². The summed E-state index contributed by atoms with van der Waals surface area (Å²) in [7, 11) is -3.44. The van der Waals surface area contributed by atoms with Crippen LogP contribution in [0.15, 0.2) is 47.4 Å². The molecule has 0 bridgehead atoms. The van der Waals surface area contributed by atoms with Gasteiger partial charge in [0.1, 0.15) is 11.6 Å². The van der Waals surface area contributed by atoms with Gasteiger partial charge in [0.2, 0.25) is 6.41 Å². The Morgan fingerprint density at radius 1 is 1.07 bits per heavy atom. The Hall–Kier alpha value is -2.32. The third-order valence-corrected chi connectivity index (χ3v) is 7.37. The number of rotatable bonds is 7. The highest BCUT2D eigenvalue weighted by Gasteiger charge is 2.31. The van der Waals surface area contributed by atoms with E-state index >= 15 is 0 Å². The second-order valence-electron chi connectivity index (χ2n) is 6.86. The number of hydrogen-bond acceptors (Lipinski definition) is 4. The molecule has 2 aromatic carbocycles. The van der Waals surface area contributed by atoms with Crippen molar-refractivity contribution in [2.45, 2.75) is 29.4 Å². The fraction of sp³-hybridized carbons (Fsp3) is 0.350. The highest BCUT2D eigenvalue weighted by Crippen LogP contribution is 2.26. The molecule has 0 unspecified atom stereocenters. The molecule has 0 saturated carbocycles. The van der Waals surface area contributed by atoms with Crippen molar-refractivity contribution < 1.29 is 22.0 Å². The largest absolute Gasteiger partial charge is 0.329 e. The summed E-state index contributed by atoms with van der Waals surface area (Å²) in [6.45, 7) is 1.82. The third-order valence-electron chi connectivity index (χ3n) is 5.09. The van der Waals surface area contributed by atoms with Crippen LogP contribution in [0.1, 0.15) is 18.4 Å². The molecule has 0 spiro atoms. The minimum absolute atomic E-state index is 0.246. The Labute approximate surface area is 163 Å². The van der Waals surface area contributed by atoms with Crippen LogP contribution in [0.25, 0.3) is 0 Å². The Bertz CT molecular complexity index is 925. The summed E-state index contributed by atoms with van der Waals surface area (Å²) in [6, 6.07) is 9.71. The summed E-state index contributed by atoms with van der Waals surface area (Å²) in [5, 5.41) is 2.01. The normalized spacial score (nSPS) is 16.1. The highest BCUT2D eigenvalue weighted by atomic mass is 32.2. The number of nitrogens with zero attached hydrogens (tertiary/aromatic N) is 1. The van der Waals surface area contributed by atoms with Crippen LogP contribution >= 0.6 is 0 Å². The van der Waals surface area contributed by atoms with Gasteiger partial charge in [-0.05, 0) is 68.2 Å². The summed E-state index contributed by atoms with van der Waals surface area (Å²) >= 11 is 0. The first-order chi connectivity index (χ1) is 13.4. The molecule has 1 aliphatic heterocycles.